The molecule has 0 aliphatic heterocycles. The molecule has 0 fully saturated rings. The summed E-state index contributed by atoms with van der Waals surface area (Å²) in [5.41, 5.74) is -1.41. The van der Waals surface area contributed by atoms with Crippen molar-refractivity contribution >= 4 is 11.7 Å². The molecule has 0 aliphatic carbocycles. The van der Waals surface area contributed by atoms with Crippen molar-refractivity contribution in [1.29, 1.82) is 0 Å². The van der Waals surface area contributed by atoms with Gasteiger partial charge in [-0.25, -0.2) is 4.98 Å². The van der Waals surface area contributed by atoms with Gasteiger partial charge in [-0.15, -0.1) is 0 Å². The standard InChI is InChI=1S/C18H17F6N3O/c19-17(20,21)13-4-1-3-12(9-13)10-16(28)26-8-2-7-25-15-6-5-14(11-27-15)18(22,23)24/h1,3-6,9,11H,2,7-8,10H2,(H,25,27)(H,26,28). The summed E-state index contributed by atoms with van der Waals surface area (Å²) in [5.74, 6) is -0.157. The number of hydrogen-bond donors (Lipinski definition) is 2. The minimum atomic E-state index is -4.47. The van der Waals surface area contributed by atoms with Crippen molar-refractivity contribution in [3.8, 4) is 0 Å². The van der Waals surface area contributed by atoms with Gasteiger partial charge >= 0.3 is 12.4 Å². The van der Waals surface area contributed by atoms with E-state index >= 15 is 0 Å². The minimum Gasteiger partial charge on any atom is -0.370 e. The summed E-state index contributed by atoms with van der Waals surface area (Å²) in [6.45, 7) is 0.605. The normalized spacial score (nSPS) is 11.9. The Labute approximate surface area is 157 Å². The molecule has 0 saturated heterocycles. The number of pyridine rings is 1. The van der Waals surface area contributed by atoms with Gasteiger partial charge in [0, 0.05) is 19.3 Å². The highest BCUT2D eigenvalue weighted by Crippen LogP contribution is 2.30. The Hall–Kier alpha value is -2.78. The van der Waals surface area contributed by atoms with Crippen molar-refractivity contribution in [2.75, 3.05) is 18.4 Å². The van der Waals surface area contributed by atoms with Crippen LogP contribution in [0.15, 0.2) is 42.6 Å². The molecule has 152 valence electrons. The maximum absolute atomic E-state index is 12.6. The minimum absolute atomic E-state index is 0.183. The summed E-state index contributed by atoms with van der Waals surface area (Å²) in [7, 11) is 0. The zero-order valence-electron chi connectivity index (χ0n) is 14.5. The van der Waals surface area contributed by atoms with Gasteiger partial charge in [0.05, 0.1) is 17.5 Å². The van der Waals surface area contributed by atoms with Crippen molar-refractivity contribution in [3.05, 3.63) is 59.3 Å². The molecule has 0 atom stereocenters. The van der Waals surface area contributed by atoms with Crippen molar-refractivity contribution in [1.82, 2.24) is 10.3 Å². The van der Waals surface area contributed by atoms with Gasteiger partial charge in [0.15, 0.2) is 0 Å². The fourth-order valence-electron chi connectivity index (χ4n) is 2.30. The highest BCUT2D eigenvalue weighted by Gasteiger charge is 2.31. The van der Waals surface area contributed by atoms with Gasteiger partial charge in [-0.1, -0.05) is 18.2 Å². The van der Waals surface area contributed by atoms with Crippen LogP contribution in [0.4, 0.5) is 32.2 Å². The number of amides is 1. The number of rotatable bonds is 7. The predicted molar refractivity (Wildman–Crippen MR) is 90.5 cm³/mol. The summed E-state index contributed by atoms with van der Waals surface area (Å²) in [6.07, 6.45) is -7.92. The van der Waals surface area contributed by atoms with Crippen molar-refractivity contribution < 1.29 is 31.1 Å². The van der Waals surface area contributed by atoms with Crippen molar-refractivity contribution in [3.63, 3.8) is 0 Å². The monoisotopic (exact) mass is 405 g/mol. The van der Waals surface area contributed by atoms with E-state index in [2.05, 4.69) is 15.6 Å². The van der Waals surface area contributed by atoms with Crippen LogP contribution in [-0.2, 0) is 23.6 Å². The third-order valence-electron chi connectivity index (χ3n) is 3.69. The fourth-order valence-corrected chi connectivity index (χ4v) is 2.30. The quantitative estimate of drug-likeness (QED) is 0.534. The molecule has 1 heterocycles. The Balaban J connectivity index is 1.70. The Kier molecular flexibility index (Phi) is 6.87. The second-order valence-corrected chi connectivity index (χ2v) is 5.94. The molecule has 2 N–H and O–H groups in total. The summed E-state index contributed by atoms with van der Waals surface area (Å²) < 4.78 is 75.2. The summed E-state index contributed by atoms with van der Waals surface area (Å²) in [5, 5.41) is 5.39. The number of hydrogen-bond acceptors (Lipinski definition) is 3. The van der Waals surface area contributed by atoms with Crippen LogP contribution in [-0.4, -0.2) is 24.0 Å². The molecule has 1 aromatic heterocycles. The van der Waals surface area contributed by atoms with Gasteiger partial charge in [-0.2, -0.15) is 26.3 Å². The first kappa shape index (κ1) is 21.5. The van der Waals surface area contributed by atoms with Crippen LogP contribution >= 0.6 is 0 Å². The van der Waals surface area contributed by atoms with E-state index in [1.54, 1.807) is 0 Å². The molecule has 0 radical (unpaired) electrons. The third-order valence-corrected chi connectivity index (χ3v) is 3.69. The molecule has 0 bridgehead atoms. The first-order chi connectivity index (χ1) is 13.1. The van der Waals surface area contributed by atoms with Gasteiger partial charge in [0.1, 0.15) is 5.82 Å². The number of nitrogens with zero attached hydrogens (tertiary/aromatic N) is 1. The number of anilines is 1. The number of carbonyl (C=O) groups excluding carboxylic acids is 1. The van der Waals surface area contributed by atoms with Crippen LogP contribution in [0.1, 0.15) is 23.1 Å². The number of benzene rings is 1. The average molecular weight is 405 g/mol. The summed E-state index contributed by atoms with van der Waals surface area (Å²) in [4.78, 5) is 15.5. The predicted octanol–water partition coefficient (Wildman–Crippen LogP) is 4.28. The van der Waals surface area contributed by atoms with E-state index in [0.29, 0.717) is 13.0 Å². The lowest BCUT2D eigenvalue weighted by Gasteiger charge is -2.10. The molecule has 0 saturated carbocycles. The van der Waals surface area contributed by atoms with Gasteiger partial charge in [0.2, 0.25) is 5.91 Å². The van der Waals surface area contributed by atoms with E-state index in [9.17, 15) is 31.1 Å². The SMILES string of the molecule is O=C(Cc1cccc(C(F)(F)F)c1)NCCCNc1ccc(C(F)(F)F)cn1. The smallest absolute Gasteiger partial charge is 0.370 e. The lowest BCUT2D eigenvalue weighted by Crippen LogP contribution is -2.27. The van der Waals surface area contributed by atoms with E-state index < -0.39 is 29.4 Å². The fraction of sp³-hybridized carbons (Fsp3) is 0.333. The molecular formula is C18H17F6N3O. The molecule has 28 heavy (non-hydrogen) atoms. The zero-order valence-corrected chi connectivity index (χ0v) is 14.5. The second-order valence-electron chi connectivity index (χ2n) is 5.94. The van der Waals surface area contributed by atoms with Crippen LogP contribution in [0.25, 0.3) is 0 Å². The molecule has 1 amide bonds. The molecule has 2 rings (SSSR count). The summed E-state index contributed by atoms with van der Waals surface area (Å²) in [6, 6.07) is 6.65. The van der Waals surface area contributed by atoms with Gasteiger partial charge < -0.3 is 10.6 Å². The lowest BCUT2D eigenvalue weighted by molar-refractivity contribution is -0.138. The number of aromatic nitrogens is 1. The van der Waals surface area contributed by atoms with Crippen LogP contribution in [0.3, 0.4) is 0 Å². The maximum atomic E-state index is 12.6. The maximum Gasteiger partial charge on any atom is 0.417 e. The molecule has 0 spiro atoms. The molecule has 0 unspecified atom stereocenters. The molecule has 0 aliphatic rings. The van der Waals surface area contributed by atoms with E-state index in [1.807, 2.05) is 0 Å². The van der Waals surface area contributed by atoms with Gasteiger partial charge in [-0.05, 0) is 30.2 Å². The second kappa shape index (κ2) is 8.94. The zero-order chi connectivity index (χ0) is 20.8. The Morgan fingerprint density at radius 3 is 2.25 bits per heavy atom. The van der Waals surface area contributed by atoms with Crippen molar-refractivity contribution in [2.24, 2.45) is 0 Å². The topological polar surface area (TPSA) is 54.0 Å². The molecule has 1 aromatic carbocycles. The first-order valence-electron chi connectivity index (χ1n) is 8.25. The van der Waals surface area contributed by atoms with Crippen LogP contribution in [0.5, 0.6) is 0 Å². The third kappa shape index (κ3) is 6.75. The Morgan fingerprint density at radius 1 is 0.929 bits per heavy atom. The van der Waals surface area contributed by atoms with Crippen LogP contribution in [0, 0.1) is 0 Å². The summed E-state index contributed by atoms with van der Waals surface area (Å²) >= 11 is 0. The number of nitrogens with one attached hydrogen (secondary N) is 2. The average Bonchev–Trinajstić information content (AvgIpc) is 2.60. The highest BCUT2D eigenvalue weighted by atomic mass is 19.4. The van der Waals surface area contributed by atoms with E-state index in [-0.39, 0.29) is 24.3 Å². The van der Waals surface area contributed by atoms with E-state index in [4.69, 9.17) is 0 Å². The number of carbonyl (C=O) groups is 1. The van der Waals surface area contributed by atoms with Crippen LogP contribution in [0.2, 0.25) is 0 Å². The van der Waals surface area contributed by atoms with E-state index in [0.717, 1.165) is 24.4 Å². The largest absolute Gasteiger partial charge is 0.417 e. The molecular weight excluding hydrogens is 388 g/mol. The number of alkyl halides is 6. The van der Waals surface area contributed by atoms with E-state index in [1.165, 1.54) is 18.2 Å². The number of halogens is 6. The van der Waals surface area contributed by atoms with Crippen molar-refractivity contribution in [2.45, 2.75) is 25.2 Å². The Morgan fingerprint density at radius 2 is 1.64 bits per heavy atom. The lowest BCUT2D eigenvalue weighted by atomic mass is 10.1. The van der Waals surface area contributed by atoms with Gasteiger partial charge in [0.25, 0.3) is 0 Å². The van der Waals surface area contributed by atoms with Gasteiger partial charge in [-0.3, -0.25) is 4.79 Å². The molecule has 2 aromatic rings. The first-order valence-corrected chi connectivity index (χ1v) is 8.25. The van der Waals surface area contributed by atoms with Crippen LogP contribution < -0.4 is 10.6 Å². The highest BCUT2D eigenvalue weighted by molar-refractivity contribution is 5.78. The molecule has 10 heteroatoms. The Bertz CT molecular complexity index is 787. The molecule has 4 nitrogen and oxygen atoms in total.